The molecule has 0 spiro atoms. The highest BCUT2D eigenvalue weighted by molar-refractivity contribution is 5.78. The first-order valence-corrected chi connectivity index (χ1v) is 7.21. The molecular formula is C15H21N3O. The Morgan fingerprint density at radius 1 is 1.16 bits per heavy atom. The Bertz CT molecular complexity index is 607. The van der Waals surface area contributed by atoms with E-state index in [9.17, 15) is 4.79 Å². The van der Waals surface area contributed by atoms with Gasteiger partial charge in [-0.05, 0) is 43.9 Å². The van der Waals surface area contributed by atoms with Gasteiger partial charge in [0.1, 0.15) is 0 Å². The van der Waals surface area contributed by atoms with Crippen LogP contribution in [0.25, 0.3) is 11.0 Å². The molecule has 0 amide bonds. The summed E-state index contributed by atoms with van der Waals surface area (Å²) in [6, 6.07) is 6.48. The van der Waals surface area contributed by atoms with Crippen LogP contribution in [-0.2, 0) is 0 Å². The normalized spacial score (nSPS) is 18.6. The lowest BCUT2D eigenvalue weighted by molar-refractivity contribution is 0.328. The number of H-pyrrole nitrogens is 2. The summed E-state index contributed by atoms with van der Waals surface area (Å²) in [5, 5.41) is 3.58. The van der Waals surface area contributed by atoms with Crippen LogP contribution in [0.15, 0.2) is 23.0 Å². The van der Waals surface area contributed by atoms with Crippen molar-refractivity contribution in [1.82, 2.24) is 9.97 Å². The zero-order chi connectivity index (χ0) is 13.2. The number of hydrogen-bond acceptors (Lipinski definition) is 2. The van der Waals surface area contributed by atoms with Crippen LogP contribution in [0.1, 0.15) is 39.0 Å². The minimum Gasteiger partial charge on any atom is -0.382 e. The van der Waals surface area contributed by atoms with E-state index < -0.39 is 0 Å². The van der Waals surface area contributed by atoms with Crippen LogP contribution in [0.2, 0.25) is 0 Å². The zero-order valence-electron chi connectivity index (χ0n) is 11.3. The van der Waals surface area contributed by atoms with Gasteiger partial charge in [0.05, 0.1) is 11.0 Å². The van der Waals surface area contributed by atoms with Gasteiger partial charge in [-0.3, -0.25) is 0 Å². The standard InChI is InChI=1S/C15H21N3O/c1-10(11-5-3-2-4-6-11)16-12-7-8-13-14(9-12)18-15(19)17-13/h7-11,16H,2-6H2,1H3,(H2,17,18,19). The Labute approximate surface area is 112 Å². The van der Waals surface area contributed by atoms with Crippen LogP contribution < -0.4 is 11.0 Å². The molecule has 3 rings (SSSR count). The highest BCUT2D eigenvalue weighted by atomic mass is 16.1. The van der Waals surface area contributed by atoms with E-state index >= 15 is 0 Å². The molecule has 19 heavy (non-hydrogen) atoms. The number of fused-ring (bicyclic) bond motifs is 1. The number of anilines is 1. The number of aromatic amines is 2. The molecule has 1 aromatic heterocycles. The Hall–Kier alpha value is -1.71. The number of hydrogen-bond donors (Lipinski definition) is 3. The van der Waals surface area contributed by atoms with Crippen molar-refractivity contribution in [3.05, 3.63) is 28.7 Å². The van der Waals surface area contributed by atoms with Crippen LogP contribution in [-0.4, -0.2) is 16.0 Å². The first kappa shape index (κ1) is 12.3. The summed E-state index contributed by atoms with van der Waals surface area (Å²) in [7, 11) is 0. The molecule has 1 heterocycles. The molecular weight excluding hydrogens is 238 g/mol. The second-order valence-corrected chi connectivity index (χ2v) is 5.67. The first-order valence-electron chi connectivity index (χ1n) is 7.21. The van der Waals surface area contributed by atoms with E-state index in [1.165, 1.54) is 32.1 Å². The van der Waals surface area contributed by atoms with E-state index in [2.05, 4.69) is 22.2 Å². The van der Waals surface area contributed by atoms with Crippen molar-refractivity contribution in [3.63, 3.8) is 0 Å². The summed E-state index contributed by atoms with van der Waals surface area (Å²) in [5.74, 6) is 0.773. The van der Waals surface area contributed by atoms with Crippen molar-refractivity contribution in [2.45, 2.75) is 45.1 Å². The Morgan fingerprint density at radius 2 is 1.89 bits per heavy atom. The molecule has 1 fully saturated rings. The smallest absolute Gasteiger partial charge is 0.323 e. The van der Waals surface area contributed by atoms with E-state index in [0.29, 0.717) is 6.04 Å². The van der Waals surface area contributed by atoms with Gasteiger partial charge in [-0.15, -0.1) is 0 Å². The van der Waals surface area contributed by atoms with Crippen LogP contribution in [0.3, 0.4) is 0 Å². The zero-order valence-corrected chi connectivity index (χ0v) is 11.3. The third-order valence-corrected chi connectivity index (χ3v) is 4.27. The van der Waals surface area contributed by atoms with Crippen LogP contribution in [0, 0.1) is 5.92 Å². The molecule has 0 bridgehead atoms. The third-order valence-electron chi connectivity index (χ3n) is 4.27. The van der Waals surface area contributed by atoms with Gasteiger partial charge in [0.25, 0.3) is 0 Å². The van der Waals surface area contributed by atoms with Crippen molar-refractivity contribution in [2.24, 2.45) is 5.92 Å². The molecule has 4 nitrogen and oxygen atoms in total. The predicted molar refractivity (Wildman–Crippen MR) is 78.6 cm³/mol. The molecule has 4 heteroatoms. The Kier molecular flexibility index (Phi) is 3.32. The summed E-state index contributed by atoms with van der Waals surface area (Å²) in [5.41, 5.74) is 2.67. The maximum atomic E-state index is 11.2. The van der Waals surface area contributed by atoms with Gasteiger partial charge in [-0.2, -0.15) is 0 Å². The lowest BCUT2D eigenvalue weighted by Crippen LogP contribution is -2.27. The highest BCUT2D eigenvalue weighted by Gasteiger charge is 2.19. The van der Waals surface area contributed by atoms with E-state index in [4.69, 9.17) is 0 Å². The molecule has 0 saturated heterocycles. The van der Waals surface area contributed by atoms with Crippen molar-refractivity contribution >= 4 is 16.7 Å². The van der Waals surface area contributed by atoms with Gasteiger partial charge in [0, 0.05) is 11.7 Å². The lowest BCUT2D eigenvalue weighted by Gasteiger charge is -2.29. The number of rotatable bonds is 3. The number of imidazole rings is 1. The Balaban J connectivity index is 1.74. The van der Waals surface area contributed by atoms with E-state index in [0.717, 1.165) is 22.6 Å². The fourth-order valence-electron chi connectivity index (χ4n) is 3.14. The van der Waals surface area contributed by atoms with Gasteiger partial charge in [-0.1, -0.05) is 19.3 Å². The molecule has 2 aromatic rings. The summed E-state index contributed by atoms with van der Waals surface area (Å²) in [6.07, 6.45) is 6.77. The summed E-state index contributed by atoms with van der Waals surface area (Å²) < 4.78 is 0. The van der Waals surface area contributed by atoms with Gasteiger partial charge in [0.2, 0.25) is 0 Å². The fraction of sp³-hybridized carbons (Fsp3) is 0.533. The van der Waals surface area contributed by atoms with Gasteiger partial charge < -0.3 is 15.3 Å². The molecule has 1 atom stereocenters. The van der Waals surface area contributed by atoms with E-state index in [1.54, 1.807) is 0 Å². The van der Waals surface area contributed by atoms with Crippen LogP contribution in [0.5, 0.6) is 0 Å². The fourth-order valence-corrected chi connectivity index (χ4v) is 3.14. The SMILES string of the molecule is CC(Nc1ccc2[nH]c(=O)[nH]c2c1)C1CCCCC1. The molecule has 1 aliphatic rings. The molecule has 3 N–H and O–H groups in total. The van der Waals surface area contributed by atoms with Gasteiger partial charge in [-0.25, -0.2) is 4.79 Å². The second-order valence-electron chi connectivity index (χ2n) is 5.67. The molecule has 0 radical (unpaired) electrons. The van der Waals surface area contributed by atoms with Crippen molar-refractivity contribution < 1.29 is 0 Å². The van der Waals surface area contributed by atoms with Crippen molar-refractivity contribution in [3.8, 4) is 0 Å². The average Bonchev–Trinajstić information content (AvgIpc) is 2.79. The van der Waals surface area contributed by atoms with E-state index in [1.807, 2.05) is 18.2 Å². The number of aromatic nitrogens is 2. The van der Waals surface area contributed by atoms with Crippen LogP contribution >= 0.6 is 0 Å². The quantitative estimate of drug-likeness (QED) is 0.792. The monoisotopic (exact) mass is 259 g/mol. The minimum absolute atomic E-state index is 0.146. The minimum atomic E-state index is -0.146. The maximum Gasteiger partial charge on any atom is 0.323 e. The highest BCUT2D eigenvalue weighted by Crippen LogP contribution is 2.28. The predicted octanol–water partition coefficient (Wildman–Crippen LogP) is 3.24. The van der Waals surface area contributed by atoms with Crippen molar-refractivity contribution in [1.29, 1.82) is 0 Å². The molecule has 102 valence electrons. The van der Waals surface area contributed by atoms with Gasteiger partial charge >= 0.3 is 5.69 Å². The van der Waals surface area contributed by atoms with Crippen LogP contribution in [0.4, 0.5) is 5.69 Å². The first-order chi connectivity index (χ1) is 9.22. The average molecular weight is 259 g/mol. The maximum absolute atomic E-state index is 11.2. The number of benzene rings is 1. The molecule has 1 aliphatic carbocycles. The number of nitrogens with one attached hydrogen (secondary N) is 3. The molecule has 1 saturated carbocycles. The molecule has 0 aliphatic heterocycles. The van der Waals surface area contributed by atoms with Gasteiger partial charge in [0.15, 0.2) is 0 Å². The largest absolute Gasteiger partial charge is 0.382 e. The van der Waals surface area contributed by atoms with E-state index in [-0.39, 0.29) is 5.69 Å². The summed E-state index contributed by atoms with van der Waals surface area (Å²) in [6.45, 7) is 2.26. The molecule has 1 aromatic carbocycles. The lowest BCUT2D eigenvalue weighted by atomic mass is 9.84. The van der Waals surface area contributed by atoms with Crippen molar-refractivity contribution in [2.75, 3.05) is 5.32 Å². The summed E-state index contributed by atoms with van der Waals surface area (Å²) >= 11 is 0. The summed E-state index contributed by atoms with van der Waals surface area (Å²) in [4.78, 5) is 16.8. The Morgan fingerprint density at radius 3 is 2.68 bits per heavy atom. The second kappa shape index (κ2) is 5.11. The third kappa shape index (κ3) is 2.67. The topological polar surface area (TPSA) is 60.7 Å². The molecule has 1 unspecified atom stereocenters.